The lowest BCUT2D eigenvalue weighted by atomic mass is 10.1. The van der Waals surface area contributed by atoms with Crippen molar-refractivity contribution in [3.8, 4) is 17.2 Å². The average molecular weight is 363 g/mol. The van der Waals surface area contributed by atoms with E-state index in [1.807, 2.05) is 6.92 Å². The molecule has 0 aliphatic heterocycles. The minimum atomic E-state index is -0.415. The minimum Gasteiger partial charge on any atom is -0.507 e. The zero-order valence-corrected chi connectivity index (χ0v) is 14.9. The number of nitrogens with one attached hydrogen (secondary N) is 1. The van der Waals surface area contributed by atoms with E-state index in [4.69, 9.17) is 21.1 Å². The molecule has 0 aliphatic carbocycles. The van der Waals surface area contributed by atoms with Gasteiger partial charge in [0.1, 0.15) is 17.2 Å². The molecule has 0 fully saturated rings. The van der Waals surface area contributed by atoms with Crippen molar-refractivity contribution in [3.05, 3.63) is 52.5 Å². The number of hydrogen-bond acceptors (Lipinski definition) is 5. The van der Waals surface area contributed by atoms with Gasteiger partial charge in [0.15, 0.2) is 6.61 Å². The molecule has 0 heterocycles. The van der Waals surface area contributed by atoms with Crippen molar-refractivity contribution in [2.75, 3.05) is 13.7 Å². The van der Waals surface area contributed by atoms with E-state index in [0.29, 0.717) is 27.8 Å². The summed E-state index contributed by atoms with van der Waals surface area (Å²) < 4.78 is 10.5. The van der Waals surface area contributed by atoms with Crippen LogP contribution in [0.25, 0.3) is 0 Å². The van der Waals surface area contributed by atoms with E-state index in [9.17, 15) is 9.90 Å². The third-order valence-electron chi connectivity index (χ3n) is 3.44. The average Bonchev–Trinajstić information content (AvgIpc) is 2.58. The first-order chi connectivity index (χ1) is 11.9. The maximum atomic E-state index is 11.9. The molecule has 0 saturated carbocycles. The molecule has 2 N–H and O–H groups in total. The molecular weight excluding hydrogens is 344 g/mol. The van der Waals surface area contributed by atoms with E-state index in [1.165, 1.54) is 13.2 Å². The molecular formula is C18H19ClN2O4. The number of rotatable bonds is 6. The lowest BCUT2D eigenvalue weighted by molar-refractivity contribution is -0.123. The molecule has 0 unspecified atom stereocenters. The molecule has 0 saturated heterocycles. The Balaban J connectivity index is 1.95. The molecule has 132 valence electrons. The molecule has 1 amide bonds. The highest BCUT2D eigenvalue weighted by Crippen LogP contribution is 2.24. The summed E-state index contributed by atoms with van der Waals surface area (Å²) in [6, 6.07) is 9.98. The van der Waals surface area contributed by atoms with Crippen LogP contribution < -0.4 is 14.9 Å². The molecule has 0 bridgehead atoms. The third-order valence-corrected chi connectivity index (χ3v) is 3.67. The van der Waals surface area contributed by atoms with Gasteiger partial charge in [-0.25, -0.2) is 5.43 Å². The Labute approximate surface area is 151 Å². The topological polar surface area (TPSA) is 80.2 Å². The SMILES string of the molecule is COc1ccc(/C(C)=N/NC(=O)COc2ccc(Cl)cc2C)c(O)c1. The van der Waals surface area contributed by atoms with Gasteiger partial charge in [-0.15, -0.1) is 0 Å². The number of halogens is 1. The van der Waals surface area contributed by atoms with Crippen molar-refractivity contribution < 1.29 is 19.4 Å². The summed E-state index contributed by atoms with van der Waals surface area (Å²) in [6.45, 7) is 3.33. The van der Waals surface area contributed by atoms with Gasteiger partial charge in [-0.2, -0.15) is 5.10 Å². The van der Waals surface area contributed by atoms with Crippen molar-refractivity contribution in [3.63, 3.8) is 0 Å². The van der Waals surface area contributed by atoms with Crippen LogP contribution in [0, 0.1) is 6.92 Å². The normalized spacial score (nSPS) is 11.1. The maximum Gasteiger partial charge on any atom is 0.277 e. The van der Waals surface area contributed by atoms with Gasteiger partial charge in [-0.1, -0.05) is 11.6 Å². The van der Waals surface area contributed by atoms with E-state index >= 15 is 0 Å². The summed E-state index contributed by atoms with van der Waals surface area (Å²) in [5.41, 5.74) is 4.18. The number of aromatic hydroxyl groups is 1. The Morgan fingerprint density at radius 3 is 2.68 bits per heavy atom. The van der Waals surface area contributed by atoms with Gasteiger partial charge < -0.3 is 14.6 Å². The predicted octanol–water partition coefficient (Wildman–Crippen LogP) is 3.28. The van der Waals surface area contributed by atoms with E-state index in [1.54, 1.807) is 37.3 Å². The van der Waals surface area contributed by atoms with Crippen molar-refractivity contribution >= 4 is 23.2 Å². The van der Waals surface area contributed by atoms with Gasteiger partial charge >= 0.3 is 0 Å². The zero-order valence-electron chi connectivity index (χ0n) is 14.2. The maximum absolute atomic E-state index is 11.9. The summed E-state index contributed by atoms with van der Waals surface area (Å²) in [4.78, 5) is 11.9. The first-order valence-electron chi connectivity index (χ1n) is 7.50. The number of benzene rings is 2. The molecule has 25 heavy (non-hydrogen) atoms. The first kappa shape index (κ1) is 18.6. The van der Waals surface area contributed by atoms with Crippen molar-refractivity contribution in [1.82, 2.24) is 5.43 Å². The Morgan fingerprint density at radius 2 is 2.04 bits per heavy atom. The number of amides is 1. The summed E-state index contributed by atoms with van der Waals surface area (Å²) in [6.07, 6.45) is 0. The zero-order chi connectivity index (χ0) is 18.4. The Bertz CT molecular complexity index is 806. The second-order valence-corrected chi connectivity index (χ2v) is 5.75. The first-order valence-corrected chi connectivity index (χ1v) is 7.88. The summed E-state index contributed by atoms with van der Waals surface area (Å²) in [5.74, 6) is 0.711. The molecule has 7 heteroatoms. The monoisotopic (exact) mass is 362 g/mol. The quantitative estimate of drug-likeness (QED) is 0.610. The fourth-order valence-corrected chi connectivity index (χ4v) is 2.33. The van der Waals surface area contributed by atoms with Gasteiger partial charge in [-0.3, -0.25) is 4.79 Å². The van der Waals surface area contributed by atoms with Crippen LogP contribution in [0.3, 0.4) is 0 Å². The van der Waals surface area contributed by atoms with Crippen LogP contribution in [0.5, 0.6) is 17.2 Å². The highest BCUT2D eigenvalue weighted by Gasteiger charge is 2.08. The Hall–Kier alpha value is -2.73. The number of carbonyl (C=O) groups excluding carboxylic acids is 1. The molecule has 6 nitrogen and oxygen atoms in total. The van der Waals surface area contributed by atoms with Gasteiger partial charge in [0.05, 0.1) is 12.8 Å². The number of nitrogens with zero attached hydrogens (tertiary/aromatic N) is 1. The lowest BCUT2D eigenvalue weighted by Crippen LogP contribution is -2.25. The summed E-state index contributed by atoms with van der Waals surface area (Å²) >= 11 is 5.87. The van der Waals surface area contributed by atoms with E-state index in [0.717, 1.165) is 5.56 Å². The second-order valence-electron chi connectivity index (χ2n) is 5.31. The van der Waals surface area contributed by atoms with Crippen molar-refractivity contribution in [1.29, 1.82) is 0 Å². The van der Waals surface area contributed by atoms with Crippen molar-refractivity contribution in [2.45, 2.75) is 13.8 Å². The minimum absolute atomic E-state index is 0.0166. The smallest absolute Gasteiger partial charge is 0.277 e. The molecule has 0 aliphatic rings. The number of hydrogen-bond donors (Lipinski definition) is 2. The fraction of sp³-hybridized carbons (Fsp3) is 0.222. The van der Waals surface area contributed by atoms with Crippen LogP contribution in [-0.2, 0) is 4.79 Å². The van der Waals surface area contributed by atoms with E-state index < -0.39 is 5.91 Å². The molecule has 2 rings (SSSR count). The third kappa shape index (κ3) is 5.12. The highest BCUT2D eigenvalue weighted by molar-refractivity contribution is 6.30. The summed E-state index contributed by atoms with van der Waals surface area (Å²) in [7, 11) is 1.51. The number of ether oxygens (including phenoxy) is 2. The van der Waals surface area contributed by atoms with Crippen LogP contribution in [0.2, 0.25) is 5.02 Å². The summed E-state index contributed by atoms with van der Waals surface area (Å²) in [5, 5.41) is 14.5. The van der Waals surface area contributed by atoms with Crippen LogP contribution in [0.15, 0.2) is 41.5 Å². The van der Waals surface area contributed by atoms with Gasteiger partial charge in [0, 0.05) is 16.7 Å². The number of carbonyl (C=O) groups is 1. The molecule has 0 aromatic heterocycles. The second kappa shape index (κ2) is 8.39. The molecule has 0 spiro atoms. The predicted molar refractivity (Wildman–Crippen MR) is 96.7 cm³/mol. The molecule has 2 aromatic carbocycles. The van der Waals surface area contributed by atoms with E-state index in [-0.39, 0.29) is 12.4 Å². The van der Waals surface area contributed by atoms with Gasteiger partial charge in [0.25, 0.3) is 5.91 Å². The number of methoxy groups -OCH3 is 1. The lowest BCUT2D eigenvalue weighted by Gasteiger charge is -2.09. The van der Waals surface area contributed by atoms with Gasteiger partial charge in [-0.05, 0) is 49.7 Å². The van der Waals surface area contributed by atoms with Crippen LogP contribution in [0.4, 0.5) is 0 Å². The molecule has 0 radical (unpaired) electrons. The Kier molecular flexibility index (Phi) is 6.25. The van der Waals surface area contributed by atoms with Crippen LogP contribution in [-0.4, -0.2) is 30.4 Å². The molecule has 0 atom stereocenters. The van der Waals surface area contributed by atoms with Crippen LogP contribution in [0.1, 0.15) is 18.1 Å². The number of hydrazone groups is 1. The Morgan fingerprint density at radius 1 is 1.28 bits per heavy atom. The highest BCUT2D eigenvalue weighted by atomic mass is 35.5. The standard InChI is InChI=1S/C18H19ClN2O4/c1-11-8-13(19)4-7-17(11)25-10-18(23)21-20-12(2)15-6-5-14(24-3)9-16(15)22/h4-9,22H,10H2,1-3H3,(H,21,23)/b20-12+. The largest absolute Gasteiger partial charge is 0.507 e. The number of phenolic OH excluding ortho intramolecular Hbond substituents is 1. The number of aryl methyl sites for hydroxylation is 1. The fourth-order valence-electron chi connectivity index (χ4n) is 2.10. The van der Waals surface area contributed by atoms with E-state index in [2.05, 4.69) is 10.5 Å². The molecule has 2 aromatic rings. The van der Waals surface area contributed by atoms with Gasteiger partial charge in [0.2, 0.25) is 0 Å². The van der Waals surface area contributed by atoms with Crippen molar-refractivity contribution in [2.24, 2.45) is 5.10 Å². The van der Waals surface area contributed by atoms with Crippen LogP contribution >= 0.6 is 11.6 Å². The number of phenols is 1.